The molecule has 0 saturated carbocycles. The molecule has 2 atom stereocenters. The zero-order valence-corrected chi connectivity index (χ0v) is 10.9. The molecule has 2 rings (SSSR count). The highest BCUT2D eigenvalue weighted by Crippen LogP contribution is 2.35. The molecule has 0 aromatic heterocycles. The Bertz CT molecular complexity index is 385. The van der Waals surface area contributed by atoms with E-state index < -0.39 is 6.10 Å². The van der Waals surface area contributed by atoms with Crippen molar-refractivity contribution in [2.45, 2.75) is 18.9 Å². The standard InChI is InChI=1S/C14H20O4/c1-16-11-5-6-12(13(8-11)17-2)14(15)10-4-3-7-18-9-10/h5-6,8,10,14-15H,3-4,7,9H2,1-2H3. The lowest BCUT2D eigenvalue weighted by Gasteiger charge is -2.27. The molecule has 0 bridgehead atoms. The molecule has 1 N–H and O–H groups in total. The van der Waals surface area contributed by atoms with Crippen LogP contribution in [0.2, 0.25) is 0 Å². The van der Waals surface area contributed by atoms with Crippen LogP contribution in [0.15, 0.2) is 18.2 Å². The number of rotatable bonds is 4. The maximum Gasteiger partial charge on any atom is 0.128 e. The minimum atomic E-state index is -0.550. The van der Waals surface area contributed by atoms with Gasteiger partial charge in [-0.2, -0.15) is 0 Å². The molecular formula is C14H20O4. The van der Waals surface area contributed by atoms with Gasteiger partial charge in [0.2, 0.25) is 0 Å². The zero-order valence-electron chi connectivity index (χ0n) is 10.9. The second kappa shape index (κ2) is 6.07. The molecule has 0 aliphatic carbocycles. The second-order valence-electron chi connectivity index (χ2n) is 4.53. The summed E-state index contributed by atoms with van der Waals surface area (Å²) in [7, 11) is 3.21. The quantitative estimate of drug-likeness (QED) is 0.892. The van der Waals surface area contributed by atoms with Crippen molar-refractivity contribution in [3.8, 4) is 11.5 Å². The van der Waals surface area contributed by atoms with E-state index in [1.54, 1.807) is 20.3 Å². The zero-order chi connectivity index (χ0) is 13.0. The Balaban J connectivity index is 2.20. The van der Waals surface area contributed by atoms with Crippen molar-refractivity contribution >= 4 is 0 Å². The van der Waals surface area contributed by atoms with E-state index in [2.05, 4.69) is 0 Å². The fourth-order valence-electron chi connectivity index (χ4n) is 2.33. The van der Waals surface area contributed by atoms with Gasteiger partial charge in [-0.25, -0.2) is 0 Å². The van der Waals surface area contributed by atoms with Gasteiger partial charge in [0.25, 0.3) is 0 Å². The Morgan fingerprint density at radius 3 is 2.78 bits per heavy atom. The first-order valence-corrected chi connectivity index (χ1v) is 6.24. The van der Waals surface area contributed by atoms with Crippen molar-refractivity contribution in [1.29, 1.82) is 0 Å². The summed E-state index contributed by atoms with van der Waals surface area (Å²) in [6.07, 6.45) is 1.43. The van der Waals surface area contributed by atoms with Crippen molar-refractivity contribution < 1.29 is 19.3 Å². The largest absolute Gasteiger partial charge is 0.497 e. The molecule has 2 unspecified atom stereocenters. The average Bonchev–Trinajstić information content (AvgIpc) is 2.46. The van der Waals surface area contributed by atoms with Crippen LogP contribution in [0.4, 0.5) is 0 Å². The third-order valence-corrected chi connectivity index (χ3v) is 3.40. The summed E-state index contributed by atoms with van der Waals surface area (Å²) in [6.45, 7) is 1.40. The summed E-state index contributed by atoms with van der Waals surface area (Å²) in [4.78, 5) is 0. The van der Waals surface area contributed by atoms with Crippen LogP contribution in [-0.4, -0.2) is 32.5 Å². The van der Waals surface area contributed by atoms with Crippen LogP contribution < -0.4 is 9.47 Å². The van der Waals surface area contributed by atoms with Gasteiger partial charge in [0.15, 0.2) is 0 Å². The van der Waals surface area contributed by atoms with Crippen molar-refractivity contribution in [1.82, 2.24) is 0 Å². The number of benzene rings is 1. The number of aliphatic hydroxyl groups is 1. The maximum atomic E-state index is 10.4. The van der Waals surface area contributed by atoms with E-state index in [1.807, 2.05) is 12.1 Å². The Hall–Kier alpha value is -1.26. The monoisotopic (exact) mass is 252 g/mol. The summed E-state index contributed by atoms with van der Waals surface area (Å²) in [5, 5.41) is 10.4. The fourth-order valence-corrected chi connectivity index (χ4v) is 2.33. The van der Waals surface area contributed by atoms with Crippen LogP contribution in [0, 0.1) is 5.92 Å². The third-order valence-electron chi connectivity index (χ3n) is 3.40. The second-order valence-corrected chi connectivity index (χ2v) is 4.53. The van der Waals surface area contributed by atoms with E-state index in [1.165, 1.54) is 0 Å². The molecule has 0 radical (unpaired) electrons. The molecule has 1 aromatic rings. The Kier molecular flexibility index (Phi) is 4.44. The first kappa shape index (κ1) is 13.2. The summed E-state index contributed by atoms with van der Waals surface area (Å²) in [6, 6.07) is 5.49. The Morgan fingerprint density at radius 2 is 2.17 bits per heavy atom. The molecule has 1 aliphatic rings. The predicted octanol–water partition coefficient (Wildman–Crippen LogP) is 2.16. The Labute approximate surface area is 107 Å². The molecule has 0 spiro atoms. The smallest absolute Gasteiger partial charge is 0.128 e. The highest BCUT2D eigenvalue weighted by molar-refractivity contribution is 5.42. The fraction of sp³-hybridized carbons (Fsp3) is 0.571. The summed E-state index contributed by atoms with van der Waals surface area (Å²) >= 11 is 0. The molecule has 4 heteroatoms. The van der Waals surface area contributed by atoms with Gasteiger partial charge >= 0.3 is 0 Å². The number of hydrogen-bond acceptors (Lipinski definition) is 4. The van der Waals surface area contributed by atoms with E-state index >= 15 is 0 Å². The van der Waals surface area contributed by atoms with Gasteiger partial charge in [0, 0.05) is 24.2 Å². The molecule has 1 saturated heterocycles. The van der Waals surface area contributed by atoms with Gasteiger partial charge in [-0.05, 0) is 25.0 Å². The van der Waals surface area contributed by atoms with Crippen LogP contribution in [0.25, 0.3) is 0 Å². The van der Waals surface area contributed by atoms with Gasteiger partial charge in [-0.15, -0.1) is 0 Å². The minimum Gasteiger partial charge on any atom is -0.497 e. The molecule has 1 fully saturated rings. The molecular weight excluding hydrogens is 232 g/mol. The molecule has 100 valence electrons. The normalized spacial score (nSPS) is 21.4. The summed E-state index contributed by atoms with van der Waals surface area (Å²) in [5.41, 5.74) is 0.800. The van der Waals surface area contributed by atoms with Crippen LogP contribution >= 0.6 is 0 Å². The highest BCUT2D eigenvalue weighted by Gasteiger charge is 2.26. The molecule has 0 amide bonds. The lowest BCUT2D eigenvalue weighted by molar-refractivity contribution is -0.0107. The predicted molar refractivity (Wildman–Crippen MR) is 68.0 cm³/mol. The number of hydrogen-bond donors (Lipinski definition) is 1. The first-order valence-electron chi connectivity index (χ1n) is 6.24. The lowest BCUT2D eigenvalue weighted by atomic mass is 9.90. The van der Waals surface area contributed by atoms with Gasteiger partial charge < -0.3 is 19.3 Å². The molecule has 1 heterocycles. The molecule has 1 aromatic carbocycles. The van der Waals surface area contributed by atoms with Crippen molar-refractivity contribution in [2.75, 3.05) is 27.4 Å². The van der Waals surface area contributed by atoms with Crippen molar-refractivity contribution in [2.24, 2.45) is 5.92 Å². The van der Waals surface area contributed by atoms with E-state index in [0.717, 1.165) is 30.8 Å². The first-order chi connectivity index (χ1) is 8.76. The lowest BCUT2D eigenvalue weighted by Crippen LogP contribution is -2.24. The number of ether oxygens (including phenoxy) is 3. The van der Waals surface area contributed by atoms with Crippen molar-refractivity contribution in [3.63, 3.8) is 0 Å². The van der Waals surface area contributed by atoms with Crippen LogP contribution in [0.5, 0.6) is 11.5 Å². The summed E-state index contributed by atoms with van der Waals surface area (Å²) < 4.78 is 15.9. The van der Waals surface area contributed by atoms with Gasteiger partial charge in [-0.1, -0.05) is 0 Å². The third kappa shape index (κ3) is 2.76. The van der Waals surface area contributed by atoms with E-state index in [0.29, 0.717) is 12.4 Å². The van der Waals surface area contributed by atoms with Gasteiger partial charge in [0.05, 0.1) is 26.9 Å². The molecule has 1 aliphatic heterocycles. The topological polar surface area (TPSA) is 47.9 Å². The van der Waals surface area contributed by atoms with E-state index in [-0.39, 0.29) is 5.92 Å². The number of aliphatic hydroxyl groups excluding tert-OH is 1. The molecule has 4 nitrogen and oxygen atoms in total. The minimum absolute atomic E-state index is 0.140. The highest BCUT2D eigenvalue weighted by atomic mass is 16.5. The van der Waals surface area contributed by atoms with Crippen LogP contribution in [-0.2, 0) is 4.74 Å². The van der Waals surface area contributed by atoms with E-state index in [9.17, 15) is 5.11 Å². The van der Waals surface area contributed by atoms with Gasteiger partial charge in [-0.3, -0.25) is 0 Å². The van der Waals surface area contributed by atoms with Crippen LogP contribution in [0.3, 0.4) is 0 Å². The summed E-state index contributed by atoms with van der Waals surface area (Å²) in [5.74, 6) is 1.52. The van der Waals surface area contributed by atoms with Crippen molar-refractivity contribution in [3.05, 3.63) is 23.8 Å². The van der Waals surface area contributed by atoms with Gasteiger partial charge in [0.1, 0.15) is 11.5 Å². The maximum absolute atomic E-state index is 10.4. The van der Waals surface area contributed by atoms with Crippen LogP contribution in [0.1, 0.15) is 24.5 Å². The average molecular weight is 252 g/mol. The number of methoxy groups -OCH3 is 2. The SMILES string of the molecule is COc1ccc(C(O)C2CCCOC2)c(OC)c1. The Morgan fingerprint density at radius 1 is 1.33 bits per heavy atom. The molecule has 18 heavy (non-hydrogen) atoms. The van der Waals surface area contributed by atoms with E-state index in [4.69, 9.17) is 14.2 Å².